The smallest absolute Gasteiger partial charge is 0.141 e. The highest BCUT2D eigenvalue weighted by Gasteiger charge is 2.20. The van der Waals surface area contributed by atoms with E-state index in [4.69, 9.17) is 4.74 Å². The van der Waals surface area contributed by atoms with E-state index in [0.717, 1.165) is 18.3 Å². The highest BCUT2D eigenvalue weighted by molar-refractivity contribution is 5.29. The number of ether oxygens (including phenoxy) is 1. The molecule has 70 valence electrons. The molecule has 13 heavy (non-hydrogen) atoms. The first kappa shape index (κ1) is 8.51. The zero-order valence-electron chi connectivity index (χ0n) is 7.79. The van der Waals surface area contributed by atoms with Crippen LogP contribution in [0.2, 0.25) is 0 Å². The molecule has 1 heterocycles. The average Bonchev–Trinajstić information content (AvgIpc) is 2.99. The largest absolute Gasteiger partial charge is 0.495 e. The van der Waals surface area contributed by atoms with Crippen LogP contribution in [0.3, 0.4) is 0 Å². The van der Waals surface area contributed by atoms with Crippen molar-refractivity contribution in [2.75, 3.05) is 7.11 Å². The Balaban J connectivity index is 1.99. The van der Waals surface area contributed by atoms with E-state index in [1.165, 1.54) is 18.4 Å². The summed E-state index contributed by atoms with van der Waals surface area (Å²) in [5.74, 6) is 0.871. The van der Waals surface area contributed by atoms with Gasteiger partial charge in [-0.05, 0) is 18.9 Å². The molecule has 0 atom stereocenters. The monoisotopic (exact) mass is 178 g/mol. The Labute approximate surface area is 78.1 Å². The van der Waals surface area contributed by atoms with Crippen LogP contribution in [0.5, 0.6) is 5.75 Å². The van der Waals surface area contributed by atoms with Crippen LogP contribution in [0.25, 0.3) is 0 Å². The van der Waals surface area contributed by atoms with Gasteiger partial charge in [-0.15, -0.1) is 0 Å². The summed E-state index contributed by atoms with van der Waals surface area (Å²) >= 11 is 0. The van der Waals surface area contributed by atoms with Crippen LogP contribution in [-0.2, 0) is 6.54 Å². The van der Waals surface area contributed by atoms with Crippen molar-refractivity contribution in [1.29, 1.82) is 0 Å². The van der Waals surface area contributed by atoms with Crippen LogP contribution >= 0.6 is 0 Å². The second-order valence-corrected chi connectivity index (χ2v) is 3.34. The molecule has 2 rings (SSSR count). The van der Waals surface area contributed by atoms with Gasteiger partial charge in [-0.3, -0.25) is 4.98 Å². The second-order valence-electron chi connectivity index (χ2n) is 3.34. The van der Waals surface area contributed by atoms with E-state index in [-0.39, 0.29) is 0 Å². The number of nitrogens with one attached hydrogen (secondary N) is 1. The van der Waals surface area contributed by atoms with E-state index in [2.05, 4.69) is 10.3 Å². The van der Waals surface area contributed by atoms with E-state index >= 15 is 0 Å². The third-order valence-electron chi connectivity index (χ3n) is 2.25. The summed E-state index contributed by atoms with van der Waals surface area (Å²) in [6.07, 6.45) is 6.18. The molecule has 3 nitrogen and oxygen atoms in total. The Bertz CT molecular complexity index is 284. The van der Waals surface area contributed by atoms with Gasteiger partial charge in [0.2, 0.25) is 0 Å². The fraction of sp³-hybridized carbons (Fsp3) is 0.500. The van der Waals surface area contributed by atoms with Crippen molar-refractivity contribution in [3.63, 3.8) is 0 Å². The summed E-state index contributed by atoms with van der Waals surface area (Å²) in [6, 6.07) is 2.73. The van der Waals surface area contributed by atoms with Crippen LogP contribution in [0, 0.1) is 0 Å². The fourth-order valence-electron chi connectivity index (χ4n) is 1.28. The molecule has 1 saturated carbocycles. The molecular formula is C10H14N2O. The zero-order valence-corrected chi connectivity index (χ0v) is 7.79. The molecular weight excluding hydrogens is 164 g/mol. The standard InChI is InChI=1S/C10H14N2O/c1-13-10-7-11-5-4-8(10)6-12-9-2-3-9/h4-5,7,9,12H,2-3,6H2,1H3. The first-order valence-corrected chi connectivity index (χ1v) is 4.60. The van der Waals surface area contributed by atoms with E-state index in [1.54, 1.807) is 19.5 Å². The maximum Gasteiger partial charge on any atom is 0.141 e. The molecule has 0 saturated heterocycles. The number of rotatable bonds is 4. The van der Waals surface area contributed by atoms with Crippen LogP contribution in [0.1, 0.15) is 18.4 Å². The van der Waals surface area contributed by atoms with Gasteiger partial charge in [0.25, 0.3) is 0 Å². The normalized spacial score (nSPS) is 15.8. The lowest BCUT2D eigenvalue weighted by molar-refractivity contribution is 0.405. The van der Waals surface area contributed by atoms with Crippen molar-refractivity contribution >= 4 is 0 Å². The third kappa shape index (κ3) is 2.18. The minimum Gasteiger partial charge on any atom is -0.495 e. The maximum absolute atomic E-state index is 5.20. The SMILES string of the molecule is COc1cnccc1CNC1CC1. The van der Waals surface area contributed by atoms with Gasteiger partial charge < -0.3 is 10.1 Å². The summed E-state index contributed by atoms with van der Waals surface area (Å²) in [5, 5.41) is 3.44. The quantitative estimate of drug-likeness (QED) is 0.755. The van der Waals surface area contributed by atoms with Gasteiger partial charge in [-0.2, -0.15) is 0 Å². The van der Waals surface area contributed by atoms with Gasteiger partial charge in [-0.1, -0.05) is 0 Å². The molecule has 0 amide bonds. The van der Waals surface area contributed by atoms with E-state index in [0.29, 0.717) is 0 Å². The summed E-state index contributed by atoms with van der Waals surface area (Å²) in [4.78, 5) is 4.01. The summed E-state index contributed by atoms with van der Waals surface area (Å²) in [6.45, 7) is 0.885. The van der Waals surface area contributed by atoms with Crippen molar-refractivity contribution in [3.8, 4) is 5.75 Å². The number of hydrogen-bond acceptors (Lipinski definition) is 3. The lowest BCUT2D eigenvalue weighted by atomic mass is 10.2. The molecule has 1 aliphatic rings. The summed E-state index contributed by atoms with van der Waals surface area (Å²) in [5.41, 5.74) is 1.18. The molecule has 0 bridgehead atoms. The summed E-state index contributed by atoms with van der Waals surface area (Å²) < 4.78 is 5.20. The van der Waals surface area contributed by atoms with Gasteiger partial charge >= 0.3 is 0 Å². The molecule has 1 fully saturated rings. The lowest BCUT2D eigenvalue weighted by Gasteiger charge is -2.07. The van der Waals surface area contributed by atoms with Crippen molar-refractivity contribution in [1.82, 2.24) is 10.3 Å². The molecule has 0 unspecified atom stereocenters. The first-order chi connectivity index (χ1) is 6.40. The molecule has 0 aromatic carbocycles. The lowest BCUT2D eigenvalue weighted by Crippen LogP contribution is -2.15. The topological polar surface area (TPSA) is 34.1 Å². The van der Waals surface area contributed by atoms with Gasteiger partial charge in [0, 0.05) is 24.3 Å². The predicted molar refractivity (Wildman–Crippen MR) is 50.7 cm³/mol. The van der Waals surface area contributed by atoms with E-state index in [9.17, 15) is 0 Å². The maximum atomic E-state index is 5.20. The van der Waals surface area contributed by atoms with Crippen molar-refractivity contribution in [2.45, 2.75) is 25.4 Å². The van der Waals surface area contributed by atoms with Crippen molar-refractivity contribution < 1.29 is 4.74 Å². The van der Waals surface area contributed by atoms with Crippen LogP contribution < -0.4 is 10.1 Å². The number of methoxy groups -OCH3 is 1. The van der Waals surface area contributed by atoms with Crippen molar-refractivity contribution in [3.05, 3.63) is 24.0 Å². The molecule has 0 radical (unpaired) electrons. The van der Waals surface area contributed by atoms with Crippen molar-refractivity contribution in [2.24, 2.45) is 0 Å². The Hall–Kier alpha value is -1.09. The molecule has 3 heteroatoms. The minimum atomic E-state index is 0.734. The zero-order chi connectivity index (χ0) is 9.10. The van der Waals surface area contributed by atoms with Gasteiger partial charge in [-0.25, -0.2) is 0 Å². The van der Waals surface area contributed by atoms with Gasteiger partial charge in [0.15, 0.2) is 0 Å². The Kier molecular flexibility index (Phi) is 2.45. The highest BCUT2D eigenvalue weighted by atomic mass is 16.5. The molecule has 1 aliphatic carbocycles. The van der Waals surface area contributed by atoms with Crippen LogP contribution in [0.4, 0.5) is 0 Å². The number of pyridine rings is 1. The number of nitrogens with zero attached hydrogens (tertiary/aromatic N) is 1. The second kappa shape index (κ2) is 3.75. The van der Waals surface area contributed by atoms with E-state index < -0.39 is 0 Å². The van der Waals surface area contributed by atoms with Crippen LogP contribution in [-0.4, -0.2) is 18.1 Å². The number of aromatic nitrogens is 1. The van der Waals surface area contributed by atoms with Gasteiger partial charge in [0.1, 0.15) is 5.75 Å². The van der Waals surface area contributed by atoms with E-state index in [1.807, 2.05) is 6.07 Å². The summed E-state index contributed by atoms with van der Waals surface area (Å²) in [7, 11) is 1.68. The Morgan fingerprint density at radius 2 is 2.46 bits per heavy atom. The highest BCUT2D eigenvalue weighted by Crippen LogP contribution is 2.21. The number of hydrogen-bond donors (Lipinski definition) is 1. The molecule has 1 aromatic heterocycles. The van der Waals surface area contributed by atoms with Gasteiger partial charge in [0.05, 0.1) is 13.3 Å². The molecule has 1 aromatic rings. The minimum absolute atomic E-state index is 0.734. The molecule has 1 N–H and O–H groups in total. The fourth-order valence-corrected chi connectivity index (χ4v) is 1.28. The predicted octanol–water partition coefficient (Wildman–Crippen LogP) is 1.34. The Morgan fingerprint density at radius 1 is 1.62 bits per heavy atom. The Morgan fingerprint density at radius 3 is 3.15 bits per heavy atom. The van der Waals surface area contributed by atoms with Crippen LogP contribution in [0.15, 0.2) is 18.5 Å². The first-order valence-electron chi connectivity index (χ1n) is 4.60. The average molecular weight is 178 g/mol. The molecule has 0 aliphatic heterocycles. The third-order valence-corrected chi connectivity index (χ3v) is 2.25. The molecule has 0 spiro atoms.